The number of hydrogen-bond acceptors (Lipinski definition) is 3. The second-order valence-electron chi connectivity index (χ2n) is 5.09. The van der Waals surface area contributed by atoms with Crippen molar-refractivity contribution in [2.45, 2.75) is 33.2 Å². The third kappa shape index (κ3) is 3.02. The Balaban J connectivity index is 2.52. The molecule has 0 fully saturated rings. The van der Waals surface area contributed by atoms with Crippen LogP contribution in [0.5, 0.6) is 0 Å². The van der Waals surface area contributed by atoms with E-state index in [1.165, 1.54) is 6.92 Å². The van der Waals surface area contributed by atoms with Crippen LogP contribution in [0.3, 0.4) is 0 Å². The maximum absolute atomic E-state index is 12.1. The van der Waals surface area contributed by atoms with Crippen molar-refractivity contribution < 1.29 is 14.7 Å². The molecule has 1 aromatic heterocycles. The molecule has 0 bridgehead atoms. The van der Waals surface area contributed by atoms with Gasteiger partial charge in [-0.3, -0.25) is 14.3 Å². The topological polar surface area (TPSA) is 72.2 Å². The SMILES string of the molecule is CC(=O)C(c1ccccc1)n1nc(C)c(CC(=O)O)c1C. The first-order chi connectivity index (χ1) is 9.91. The number of carbonyl (C=O) groups excluding carboxylic acids is 1. The molecule has 1 atom stereocenters. The van der Waals surface area contributed by atoms with Crippen molar-refractivity contribution in [3.63, 3.8) is 0 Å². The highest BCUT2D eigenvalue weighted by Crippen LogP contribution is 2.24. The molecule has 21 heavy (non-hydrogen) atoms. The monoisotopic (exact) mass is 286 g/mol. The summed E-state index contributed by atoms with van der Waals surface area (Å²) in [5.41, 5.74) is 2.89. The minimum Gasteiger partial charge on any atom is -0.481 e. The molecular weight excluding hydrogens is 268 g/mol. The Hall–Kier alpha value is -2.43. The number of aromatic nitrogens is 2. The van der Waals surface area contributed by atoms with Crippen molar-refractivity contribution in [3.8, 4) is 0 Å². The van der Waals surface area contributed by atoms with Gasteiger partial charge in [-0.1, -0.05) is 30.3 Å². The predicted octanol–water partition coefficient (Wildman–Crippen LogP) is 2.31. The Morgan fingerprint density at radius 1 is 1.24 bits per heavy atom. The summed E-state index contributed by atoms with van der Waals surface area (Å²) in [6.07, 6.45) is -0.0862. The number of rotatable bonds is 5. The van der Waals surface area contributed by atoms with Crippen LogP contribution < -0.4 is 0 Å². The fraction of sp³-hybridized carbons (Fsp3) is 0.312. The molecule has 0 saturated carbocycles. The van der Waals surface area contributed by atoms with Crippen LogP contribution in [-0.2, 0) is 16.0 Å². The van der Waals surface area contributed by atoms with Gasteiger partial charge in [-0.25, -0.2) is 0 Å². The van der Waals surface area contributed by atoms with Crippen LogP contribution in [0.1, 0.15) is 35.5 Å². The van der Waals surface area contributed by atoms with Crippen molar-refractivity contribution in [3.05, 3.63) is 52.8 Å². The van der Waals surface area contributed by atoms with Gasteiger partial charge in [0, 0.05) is 11.3 Å². The summed E-state index contributed by atoms with van der Waals surface area (Å²) in [6.45, 7) is 5.09. The first-order valence-corrected chi connectivity index (χ1v) is 6.73. The van der Waals surface area contributed by atoms with Crippen LogP contribution in [0.25, 0.3) is 0 Å². The number of carboxylic acid groups (broad SMARTS) is 1. The van der Waals surface area contributed by atoms with E-state index in [1.807, 2.05) is 30.3 Å². The molecule has 1 aromatic carbocycles. The number of Topliss-reactive ketones (excluding diaryl/α,β-unsaturated/α-hetero) is 1. The average molecular weight is 286 g/mol. The highest BCUT2D eigenvalue weighted by molar-refractivity contribution is 5.83. The molecule has 110 valence electrons. The Labute approximate surface area is 123 Å². The minimum absolute atomic E-state index is 0.0336. The molecular formula is C16H18N2O3. The maximum Gasteiger partial charge on any atom is 0.307 e. The van der Waals surface area contributed by atoms with Crippen LogP contribution in [-0.4, -0.2) is 26.6 Å². The van der Waals surface area contributed by atoms with E-state index in [1.54, 1.807) is 18.5 Å². The zero-order valence-corrected chi connectivity index (χ0v) is 12.3. The van der Waals surface area contributed by atoms with Gasteiger partial charge in [0.15, 0.2) is 5.78 Å². The van der Waals surface area contributed by atoms with Gasteiger partial charge < -0.3 is 5.11 Å². The first kappa shape index (κ1) is 15.0. The molecule has 2 aromatic rings. The molecule has 2 rings (SSSR count). The van der Waals surface area contributed by atoms with Crippen LogP contribution in [0.15, 0.2) is 30.3 Å². The van der Waals surface area contributed by atoms with Gasteiger partial charge in [0.25, 0.3) is 0 Å². The summed E-state index contributed by atoms with van der Waals surface area (Å²) in [5, 5.41) is 13.4. The smallest absolute Gasteiger partial charge is 0.307 e. The molecule has 0 aliphatic heterocycles. The summed E-state index contributed by atoms with van der Waals surface area (Å²) in [7, 11) is 0. The number of aryl methyl sites for hydroxylation is 1. The lowest BCUT2D eigenvalue weighted by molar-refractivity contribution is -0.136. The summed E-state index contributed by atoms with van der Waals surface area (Å²) in [4.78, 5) is 23.0. The lowest BCUT2D eigenvalue weighted by atomic mass is 10.0. The summed E-state index contributed by atoms with van der Waals surface area (Å²) < 4.78 is 1.63. The van der Waals surface area contributed by atoms with Crippen LogP contribution >= 0.6 is 0 Å². The van der Waals surface area contributed by atoms with E-state index in [2.05, 4.69) is 5.10 Å². The van der Waals surface area contributed by atoms with Crippen molar-refractivity contribution in [1.82, 2.24) is 9.78 Å². The first-order valence-electron chi connectivity index (χ1n) is 6.73. The van der Waals surface area contributed by atoms with E-state index >= 15 is 0 Å². The number of benzene rings is 1. The molecule has 1 unspecified atom stereocenters. The van der Waals surface area contributed by atoms with Crippen molar-refractivity contribution >= 4 is 11.8 Å². The zero-order valence-electron chi connectivity index (χ0n) is 12.3. The van der Waals surface area contributed by atoms with Crippen LogP contribution in [0, 0.1) is 13.8 Å². The van der Waals surface area contributed by atoms with E-state index in [0.29, 0.717) is 11.3 Å². The molecule has 1 N–H and O–H groups in total. The highest BCUT2D eigenvalue weighted by atomic mass is 16.4. The lowest BCUT2D eigenvalue weighted by Crippen LogP contribution is -2.21. The molecule has 1 heterocycles. The van der Waals surface area contributed by atoms with Gasteiger partial charge >= 0.3 is 5.97 Å². The molecule has 0 saturated heterocycles. The Kier molecular flexibility index (Phi) is 4.21. The number of ketones is 1. The lowest BCUT2D eigenvalue weighted by Gasteiger charge is -2.17. The second-order valence-corrected chi connectivity index (χ2v) is 5.09. The van der Waals surface area contributed by atoms with E-state index in [0.717, 1.165) is 11.3 Å². The number of carbonyl (C=O) groups is 2. The molecule has 0 amide bonds. The van der Waals surface area contributed by atoms with E-state index < -0.39 is 12.0 Å². The third-order valence-corrected chi connectivity index (χ3v) is 3.55. The predicted molar refractivity (Wildman–Crippen MR) is 78.3 cm³/mol. The molecule has 5 nitrogen and oxygen atoms in total. The largest absolute Gasteiger partial charge is 0.481 e. The normalized spacial score (nSPS) is 12.1. The van der Waals surface area contributed by atoms with E-state index in [-0.39, 0.29) is 12.2 Å². The fourth-order valence-electron chi connectivity index (χ4n) is 2.54. The third-order valence-electron chi connectivity index (χ3n) is 3.55. The number of hydrogen-bond donors (Lipinski definition) is 1. The summed E-state index contributed by atoms with van der Waals surface area (Å²) >= 11 is 0. The minimum atomic E-state index is -0.903. The van der Waals surface area contributed by atoms with E-state index in [4.69, 9.17) is 5.11 Å². The molecule has 0 aliphatic rings. The second kappa shape index (κ2) is 5.91. The summed E-state index contributed by atoms with van der Waals surface area (Å²) in [5.74, 6) is -0.937. The zero-order chi connectivity index (χ0) is 15.6. The van der Waals surface area contributed by atoms with Gasteiger partial charge in [0.05, 0.1) is 12.1 Å². The van der Waals surface area contributed by atoms with Gasteiger partial charge in [0.2, 0.25) is 0 Å². The highest BCUT2D eigenvalue weighted by Gasteiger charge is 2.24. The molecule has 0 aliphatic carbocycles. The van der Waals surface area contributed by atoms with Gasteiger partial charge in [0.1, 0.15) is 6.04 Å². The number of nitrogens with zero attached hydrogens (tertiary/aromatic N) is 2. The van der Waals surface area contributed by atoms with Gasteiger partial charge in [-0.05, 0) is 26.3 Å². The van der Waals surface area contributed by atoms with Crippen molar-refractivity contribution in [2.75, 3.05) is 0 Å². The average Bonchev–Trinajstić information content (AvgIpc) is 2.68. The van der Waals surface area contributed by atoms with E-state index in [9.17, 15) is 9.59 Å². The molecule has 5 heteroatoms. The summed E-state index contributed by atoms with van der Waals surface area (Å²) in [6, 6.07) is 8.85. The Morgan fingerprint density at radius 2 is 1.86 bits per heavy atom. The Morgan fingerprint density at radius 3 is 2.38 bits per heavy atom. The molecule has 0 spiro atoms. The maximum atomic E-state index is 12.1. The fourth-order valence-corrected chi connectivity index (χ4v) is 2.54. The van der Waals surface area contributed by atoms with Crippen LogP contribution in [0.4, 0.5) is 0 Å². The van der Waals surface area contributed by atoms with Crippen LogP contribution in [0.2, 0.25) is 0 Å². The number of carboxylic acids is 1. The van der Waals surface area contributed by atoms with Gasteiger partial charge in [-0.2, -0.15) is 5.10 Å². The van der Waals surface area contributed by atoms with Gasteiger partial charge in [-0.15, -0.1) is 0 Å². The van der Waals surface area contributed by atoms with Crippen molar-refractivity contribution in [2.24, 2.45) is 0 Å². The number of aliphatic carboxylic acids is 1. The van der Waals surface area contributed by atoms with Crippen molar-refractivity contribution in [1.29, 1.82) is 0 Å². The molecule has 0 radical (unpaired) electrons. The quantitative estimate of drug-likeness (QED) is 0.915. The standard InChI is InChI=1S/C16H18N2O3/c1-10-14(9-15(20)21)11(2)18(17-10)16(12(3)19)13-7-5-4-6-8-13/h4-8,16H,9H2,1-3H3,(H,20,21). The Bertz CT molecular complexity index is 674.